The number of unbranched alkanes of at least 4 members (excludes halogenated alkanes) is 1. The fraction of sp³-hybridized carbons (Fsp3) is 0.571. The minimum atomic E-state index is -3.45. The van der Waals surface area contributed by atoms with Gasteiger partial charge in [-0.25, -0.2) is 12.8 Å². The highest BCUT2D eigenvalue weighted by Crippen LogP contribution is 2.24. The molecule has 0 aliphatic rings. The maximum atomic E-state index is 13.5. The number of anilines is 1. The van der Waals surface area contributed by atoms with Gasteiger partial charge in [-0.1, -0.05) is 13.8 Å². The molecule has 0 aliphatic carbocycles. The second-order valence-electron chi connectivity index (χ2n) is 5.32. The average molecular weight is 381 g/mol. The SMILES string of the molecule is Cc1cc(Br)c(F)cc1NS(=O)(=O)CCCCNC(C)C. The van der Waals surface area contributed by atoms with Gasteiger partial charge in [-0.05, 0) is 59.9 Å². The molecule has 120 valence electrons. The summed E-state index contributed by atoms with van der Waals surface area (Å²) in [5, 5.41) is 3.23. The van der Waals surface area contributed by atoms with Gasteiger partial charge >= 0.3 is 0 Å². The molecule has 1 rings (SSSR count). The van der Waals surface area contributed by atoms with Crippen LogP contribution in [0.1, 0.15) is 32.3 Å². The monoisotopic (exact) mass is 380 g/mol. The Labute approximate surface area is 134 Å². The lowest BCUT2D eigenvalue weighted by molar-refractivity contribution is 0.561. The molecule has 0 fully saturated rings. The van der Waals surface area contributed by atoms with E-state index in [1.54, 1.807) is 13.0 Å². The van der Waals surface area contributed by atoms with Gasteiger partial charge in [-0.2, -0.15) is 0 Å². The van der Waals surface area contributed by atoms with E-state index in [9.17, 15) is 12.8 Å². The first kappa shape index (κ1) is 18.4. The summed E-state index contributed by atoms with van der Waals surface area (Å²) in [6.07, 6.45) is 1.35. The third-order valence-electron chi connectivity index (χ3n) is 2.93. The van der Waals surface area contributed by atoms with Crippen LogP contribution in [0, 0.1) is 12.7 Å². The molecule has 0 radical (unpaired) electrons. The second kappa shape index (κ2) is 8.10. The van der Waals surface area contributed by atoms with Crippen LogP contribution in [-0.2, 0) is 10.0 Å². The van der Waals surface area contributed by atoms with Gasteiger partial charge in [0.1, 0.15) is 5.82 Å². The Bertz CT molecular complexity index is 577. The molecule has 0 aliphatic heterocycles. The summed E-state index contributed by atoms with van der Waals surface area (Å²) in [5.41, 5.74) is 0.962. The number of hydrogen-bond donors (Lipinski definition) is 2. The standard InChI is InChI=1S/C14H22BrFN2O2S/c1-10(2)17-6-4-5-7-21(19,20)18-14-9-13(16)12(15)8-11(14)3/h8-10,17-18H,4-7H2,1-3H3. The van der Waals surface area contributed by atoms with E-state index in [2.05, 4.69) is 26.0 Å². The minimum absolute atomic E-state index is 0.0316. The van der Waals surface area contributed by atoms with Crippen LogP contribution >= 0.6 is 15.9 Å². The maximum absolute atomic E-state index is 13.5. The molecule has 0 unspecified atom stereocenters. The zero-order valence-electron chi connectivity index (χ0n) is 12.5. The molecule has 0 spiro atoms. The van der Waals surface area contributed by atoms with Crippen LogP contribution in [0.15, 0.2) is 16.6 Å². The number of hydrogen-bond acceptors (Lipinski definition) is 3. The summed E-state index contributed by atoms with van der Waals surface area (Å²) in [6, 6.07) is 3.14. The Balaban J connectivity index is 2.55. The highest BCUT2D eigenvalue weighted by Gasteiger charge is 2.13. The Kier molecular flexibility index (Phi) is 7.09. The average Bonchev–Trinajstić information content (AvgIpc) is 2.34. The van der Waals surface area contributed by atoms with E-state index < -0.39 is 15.8 Å². The molecule has 1 aromatic rings. The molecule has 0 bridgehead atoms. The minimum Gasteiger partial charge on any atom is -0.315 e. The molecule has 21 heavy (non-hydrogen) atoms. The zero-order valence-corrected chi connectivity index (χ0v) is 14.9. The maximum Gasteiger partial charge on any atom is 0.232 e. The van der Waals surface area contributed by atoms with Crippen molar-refractivity contribution >= 4 is 31.6 Å². The van der Waals surface area contributed by atoms with Crippen molar-refractivity contribution in [2.75, 3.05) is 17.0 Å². The lowest BCUT2D eigenvalue weighted by Crippen LogP contribution is -2.24. The molecular formula is C14H22BrFN2O2S. The lowest BCUT2D eigenvalue weighted by Gasteiger charge is -2.12. The molecule has 0 amide bonds. The van der Waals surface area contributed by atoms with E-state index in [0.717, 1.165) is 13.0 Å². The van der Waals surface area contributed by atoms with Gasteiger partial charge in [0.25, 0.3) is 0 Å². The van der Waals surface area contributed by atoms with Crippen molar-refractivity contribution < 1.29 is 12.8 Å². The first-order valence-electron chi connectivity index (χ1n) is 6.91. The number of halogens is 2. The van der Waals surface area contributed by atoms with E-state index in [1.165, 1.54) is 6.07 Å². The largest absolute Gasteiger partial charge is 0.315 e. The summed E-state index contributed by atoms with van der Waals surface area (Å²) in [6.45, 7) is 6.61. The summed E-state index contributed by atoms with van der Waals surface area (Å²) in [4.78, 5) is 0. The van der Waals surface area contributed by atoms with Crippen molar-refractivity contribution in [1.82, 2.24) is 5.32 Å². The fourth-order valence-corrected chi connectivity index (χ4v) is 3.48. The Morgan fingerprint density at radius 2 is 1.95 bits per heavy atom. The van der Waals surface area contributed by atoms with Crippen LogP contribution in [0.5, 0.6) is 0 Å². The highest BCUT2D eigenvalue weighted by atomic mass is 79.9. The number of benzene rings is 1. The smallest absolute Gasteiger partial charge is 0.232 e. The molecule has 0 heterocycles. The van der Waals surface area contributed by atoms with E-state index >= 15 is 0 Å². The molecule has 0 atom stereocenters. The van der Waals surface area contributed by atoms with Crippen molar-refractivity contribution in [3.05, 3.63) is 28.0 Å². The predicted molar refractivity (Wildman–Crippen MR) is 88.6 cm³/mol. The van der Waals surface area contributed by atoms with Crippen molar-refractivity contribution in [3.63, 3.8) is 0 Å². The molecule has 0 saturated carbocycles. The molecule has 7 heteroatoms. The fourth-order valence-electron chi connectivity index (χ4n) is 1.78. The van der Waals surface area contributed by atoms with Crippen LogP contribution in [0.4, 0.5) is 10.1 Å². The van der Waals surface area contributed by atoms with Crippen LogP contribution in [0.25, 0.3) is 0 Å². The molecule has 1 aromatic carbocycles. The van der Waals surface area contributed by atoms with Gasteiger partial charge in [-0.3, -0.25) is 4.72 Å². The quantitative estimate of drug-likeness (QED) is 0.679. The Morgan fingerprint density at radius 1 is 1.29 bits per heavy atom. The molecular weight excluding hydrogens is 359 g/mol. The molecule has 0 saturated heterocycles. The number of rotatable bonds is 8. The summed E-state index contributed by atoms with van der Waals surface area (Å²) >= 11 is 3.07. The van der Waals surface area contributed by atoms with Gasteiger partial charge in [0.2, 0.25) is 10.0 Å². The van der Waals surface area contributed by atoms with Crippen molar-refractivity contribution in [1.29, 1.82) is 0 Å². The van der Waals surface area contributed by atoms with Gasteiger partial charge in [0, 0.05) is 6.04 Å². The molecule has 2 N–H and O–H groups in total. The summed E-state index contributed by atoms with van der Waals surface area (Å²) in [5.74, 6) is -0.455. The summed E-state index contributed by atoms with van der Waals surface area (Å²) in [7, 11) is -3.45. The normalized spacial score (nSPS) is 11.9. The Morgan fingerprint density at radius 3 is 2.57 bits per heavy atom. The van der Waals surface area contributed by atoms with Crippen molar-refractivity contribution in [3.8, 4) is 0 Å². The second-order valence-corrected chi connectivity index (χ2v) is 8.01. The van der Waals surface area contributed by atoms with Crippen molar-refractivity contribution in [2.24, 2.45) is 0 Å². The van der Waals surface area contributed by atoms with Gasteiger partial charge in [0.05, 0.1) is 15.9 Å². The summed E-state index contributed by atoms with van der Waals surface area (Å²) < 4.78 is 40.2. The van der Waals surface area contributed by atoms with Gasteiger partial charge < -0.3 is 5.32 Å². The van der Waals surface area contributed by atoms with E-state index in [0.29, 0.717) is 22.5 Å². The van der Waals surface area contributed by atoms with Crippen LogP contribution in [0.3, 0.4) is 0 Å². The van der Waals surface area contributed by atoms with Crippen LogP contribution in [-0.4, -0.2) is 26.8 Å². The van der Waals surface area contributed by atoms with E-state index in [-0.39, 0.29) is 11.4 Å². The first-order chi connectivity index (χ1) is 9.71. The number of aryl methyl sites for hydroxylation is 1. The number of nitrogens with one attached hydrogen (secondary N) is 2. The Hall–Kier alpha value is -0.660. The third-order valence-corrected chi connectivity index (χ3v) is 4.89. The van der Waals surface area contributed by atoms with E-state index in [1.807, 2.05) is 13.8 Å². The predicted octanol–water partition coefficient (Wildman–Crippen LogP) is 3.42. The van der Waals surface area contributed by atoms with Crippen molar-refractivity contribution in [2.45, 2.75) is 39.7 Å². The first-order valence-corrected chi connectivity index (χ1v) is 9.35. The van der Waals surface area contributed by atoms with Crippen LogP contribution in [0.2, 0.25) is 0 Å². The molecule has 4 nitrogen and oxygen atoms in total. The number of sulfonamides is 1. The lowest BCUT2D eigenvalue weighted by atomic mass is 10.2. The third kappa shape index (κ3) is 6.76. The molecule has 0 aromatic heterocycles. The van der Waals surface area contributed by atoms with Crippen LogP contribution < -0.4 is 10.0 Å². The van der Waals surface area contributed by atoms with Gasteiger partial charge in [0.15, 0.2) is 0 Å². The van der Waals surface area contributed by atoms with E-state index in [4.69, 9.17) is 0 Å². The topological polar surface area (TPSA) is 58.2 Å². The highest BCUT2D eigenvalue weighted by molar-refractivity contribution is 9.10. The van der Waals surface area contributed by atoms with Gasteiger partial charge in [-0.15, -0.1) is 0 Å². The zero-order chi connectivity index (χ0) is 16.0.